The van der Waals surface area contributed by atoms with Crippen LogP contribution in [0.25, 0.3) is 0 Å². The lowest BCUT2D eigenvalue weighted by Gasteiger charge is -2.17. The van der Waals surface area contributed by atoms with Crippen molar-refractivity contribution in [1.82, 2.24) is 0 Å². The lowest BCUT2D eigenvalue weighted by Crippen LogP contribution is -2.22. The minimum absolute atomic E-state index is 0.384. The van der Waals surface area contributed by atoms with Gasteiger partial charge in [0.25, 0.3) is 0 Å². The molecule has 16 heavy (non-hydrogen) atoms. The lowest BCUT2D eigenvalue weighted by molar-refractivity contribution is 0.609. The zero-order valence-corrected chi connectivity index (χ0v) is 10.4. The number of hydrogen-bond donors (Lipinski definition) is 1. The predicted molar refractivity (Wildman–Crippen MR) is 69.6 cm³/mol. The largest absolute Gasteiger partial charge is 0.327 e. The van der Waals surface area contributed by atoms with Crippen LogP contribution in [0.5, 0.6) is 0 Å². The van der Waals surface area contributed by atoms with E-state index < -0.39 is 0 Å². The van der Waals surface area contributed by atoms with Crippen molar-refractivity contribution in [3.63, 3.8) is 0 Å². The van der Waals surface area contributed by atoms with Crippen molar-refractivity contribution in [3.05, 3.63) is 35.4 Å². The Morgan fingerprint density at radius 1 is 1.31 bits per heavy atom. The third kappa shape index (κ3) is 2.65. The minimum atomic E-state index is 0.384. The van der Waals surface area contributed by atoms with Gasteiger partial charge in [-0.05, 0) is 42.2 Å². The van der Waals surface area contributed by atoms with E-state index >= 15 is 0 Å². The zero-order chi connectivity index (χ0) is 11.5. The van der Waals surface area contributed by atoms with Crippen molar-refractivity contribution in [2.75, 3.05) is 0 Å². The van der Waals surface area contributed by atoms with Crippen LogP contribution in [0.3, 0.4) is 0 Å². The minimum Gasteiger partial charge on any atom is -0.327 e. The summed E-state index contributed by atoms with van der Waals surface area (Å²) >= 11 is 0. The van der Waals surface area contributed by atoms with Crippen molar-refractivity contribution in [2.24, 2.45) is 11.7 Å². The van der Waals surface area contributed by atoms with Crippen molar-refractivity contribution in [2.45, 2.75) is 51.5 Å². The number of rotatable bonds is 3. The highest BCUT2D eigenvalue weighted by atomic mass is 14.7. The maximum absolute atomic E-state index is 6.16. The van der Waals surface area contributed by atoms with Crippen LogP contribution in [0.4, 0.5) is 0 Å². The van der Waals surface area contributed by atoms with Crippen LogP contribution in [0.15, 0.2) is 24.3 Å². The first-order chi connectivity index (χ1) is 7.66. The van der Waals surface area contributed by atoms with Gasteiger partial charge < -0.3 is 5.73 Å². The fourth-order valence-corrected chi connectivity index (χ4v) is 2.82. The first-order valence-corrected chi connectivity index (χ1v) is 6.51. The van der Waals surface area contributed by atoms with Gasteiger partial charge in [-0.2, -0.15) is 0 Å². The van der Waals surface area contributed by atoms with E-state index in [1.54, 1.807) is 0 Å². The van der Waals surface area contributed by atoms with E-state index in [1.807, 2.05) is 0 Å². The second kappa shape index (κ2) is 5.01. The Kier molecular flexibility index (Phi) is 3.65. The van der Waals surface area contributed by atoms with Crippen molar-refractivity contribution >= 4 is 0 Å². The summed E-state index contributed by atoms with van der Waals surface area (Å²) in [7, 11) is 0. The van der Waals surface area contributed by atoms with Gasteiger partial charge in [-0.25, -0.2) is 0 Å². The molecule has 1 aromatic carbocycles. The molecule has 1 aliphatic rings. The van der Waals surface area contributed by atoms with Crippen LogP contribution in [0.1, 0.15) is 50.2 Å². The summed E-state index contributed by atoms with van der Waals surface area (Å²) in [5.41, 5.74) is 9.09. The van der Waals surface area contributed by atoms with Gasteiger partial charge in [0, 0.05) is 6.04 Å². The third-order valence-corrected chi connectivity index (χ3v) is 3.59. The van der Waals surface area contributed by atoms with Crippen LogP contribution in [-0.2, 0) is 6.42 Å². The van der Waals surface area contributed by atoms with E-state index in [2.05, 4.69) is 38.1 Å². The Morgan fingerprint density at radius 3 is 2.75 bits per heavy atom. The van der Waals surface area contributed by atoms with Gasteiger partial charge in [0.15, 0.2) is 0 Å². The SMILES string of the molecule is CC(C)Cc1cccc(C2CCCC2N)c1. The first-order valence-electron chi connectivity index (χ1n) is 6.51. The Labute approximate surface area is 99.0 Å². The monoisotopic (exact) mass is 217 g/mol. The molecule has 1 saturated carbocycles. The number of hydrogen-bond acceptors (Lipinski definition) is 1. The quantitative estimate of drug-likeness (QED) is 0.824. The molecule has 2 atom stereocenters. The van der Waals surface area contributed by atoms with Crippen LogP contribution >= 0.6 is 0 Å². The molecule has 2 unspecified atom stereocenters. The van der Waals surface area contributed by atoms with E-state index in [4.69, 9.17) is 5.73 Å². The smallest absolute Gasteiger partial charge is 0.0108 e. The van der Waals surface area contributed by atoms with Gasteiger partial charge in [-0.3, -0.25) is 0 Å². The fraction of sp³-hybridized carbons (Fsp3) is 0.600. The van der Waals surface area contributed by atoms with Gasteiger partial charge >= 0.3 is 0 Å². The Morgan fingerprint density at radius 2 is 2.12 bits per heavy atom. The van der Waals surface area contributed by atoms with Crippen LogP contribution in [0, 0.1) is 5.92 Å². The molecule has 0 saturated heterocycles. The van der Waals surface area contributed by atoms with Gasteiger partial charge in [0.1, 0.15) is 0 Å². The standard InChI is InChI=1S/C15H23N/c1-11(2)9-12-5-3-6-13(10-12)14-7-4-8-15(14)16/h3,5-6,10-11,14-15H,4,7-9,16H2,1-2H3. The molecule has 1 aromatic rings. The Hall–Kier alpha value is -0.820. The van der Waals surface area contributed by atoms with E-state index in [1.165, 1.54) is 36.8 Å². The molecule has 1 heteroatoms. The third-order valence-electron chi connectivity index (χ3n) is 3.59. The van der Waals surface area contributed by atoms with E-state index in [0.717, 1.165) is 5.92 Å². The van der Waals surface area contributed by atoms with E-state index in [9.17, 15) is 0 Å². The fourth-order valence-electron chi connectivity index (χ4n) is 2.82. The average Bonchev–Trinajstić information content (AvgIpc) is 2.64. The molecule has 0 amide bonds. The molecule has 0 spiro atoms. The van der Waals surface area contributed by atoms with Gasteiger partial charge in [0.2, 0.25) is 0 Å². The summed E-state index contributed by atoms with van der Waals surface area (Å²) in [5.74, 6) is 1.33. The summed E-state index contributed by atoms with van der Waals surface area (Å²) in [6.45, 7) is 4.54. The zero-order valence-electron chi connectivity index (χ0n) is 10.4. The molecule has 0 aliphatic heterocycles. The highest BCUT2D eigenvalue weighted by Crippen LogP contribution is 2.33. The number of benzene rings is 1. The molecule has 1 nitrogen and oxygen atoms in total. The molecule has 1 aliphatic carbocycles. The second-order valence-electron chi connectivity index (χ2n) is 5.54. The Bertz CT molecular complexity index is 343. The summed E-state index contributed by atoms with van der Waals surface area (Å²) in [4.78, 5) is 0. The molecule has 0 bridgehead atoms. The number of nitrogens with two attached hydrogens (primary N) is 1. The molecule has 88 valence electrons. The van der Waals surface area contributed by atoms with Crippen LogP contribution < -0.4 is 5.73 Å². The molecule has 2 N–H and O–H groups in total. The summed E-state index contributed by atoms with van der Waals surface area (Å²) in [6, 6.07) is 9.44. The van der Waals surface area contributed by atoms with Crippen molar-refractivity contribution < 1.29 is 0 Å². The van der Waals surface area contributed by atoms with Gasteiger partial charge in [0.05, 0.1) is 0 Å². The van der Waals surface area contributed by atoms with Gasteiger partial charge in [-0.1, -0.05) is 44.5 Å². The molecule has 0 radical (unpaired) electrons. The summed E-state index contributed by atoms with van der Waals surface area (Å²) in [6.07, 6.45) is 4.93. The topological polar surface area (TPSA) is 26.0 Å². The average molecular weight is 217 g/mol. The lowest BCUT2D eigenvalue weighted by atomic mass is 9.91. The summed E-state index contributed by atoms with van der Waals surface area (Å²) in [5, 5.41) is 0. The molecule has 0 heterocycles. The normalized spacial score (nSPS) is 25.2. The molecular formula is C15H23N. The first kappa shape index (κ1) is 11.7. The maximum Gasteiger partial charge on any atom is 0.0108 e. The van der Waals surface area contributed by atoms with Crippen LogP contribution in [0.2, 0.25) is 0 Å². The molecule has 2 rings (SSSR count). The highest BCUT2D eigenvalue weighted by Gasteiger charge is 2.25. The predicted octanol–water partition coefficient (Wildman–Crippen LogP) is 3.48. The van der Waals surface area contributed by atoms with E-state index in [0.29, 0.717) is 12.0 Å². The van der Waals surface area contributed by atoms with Gasteiger partial charge in [-0.15, -0.1) is 0 Å². The van der Waals surface area contributed by atoms with Crippen molar-refractivity contribution in [1.29, 1.82) is 0 Å². The highest BCUT2D eigenvalue weighted by molar-refractivity contribution is 5.28. The Balaban J connectivity index is 2.15. The van der Waals surface area contributed by atoms with Crippen LogP contribution in [-0.4, -0.2) is 6.04 Å². The molecule has 0 aromatic heterocycles. The second-order valence-corrected chi connectivity index (χ2v) is 5.54. The van der Waals surface area contributed by atoms with E-state index in [-0.39, 0.29) is 0 Å². The summed E-state index contributed by atoms with van der Waals surface area (Å²) < 4.78 is 0. The molecule has 1 fully saturated rings. The maximum atomic E-state index is 6.16. The molecular weight excluding hydrogens is 194 g/mol. The van der Waals surface area contributed by atoms with Crippen molar-refractivity contribution in [3.8, 4) is 0 Å².